The summed E-state index contributed by atoms with van der Waals surface area (Å²) in [4.78, 5) is 14.7. The van der Waals surface area contributed by atoms with Crippen LogP contribution in [-0.2, 0) is 4.79 Å². The summed E-state index contributed by atoms with van der Waals surface area (Å²) in [5, 5.41) is 3.51. The lowest BCUT2D eigenvalue weighted by Gasteiger charge is -2.30. The number of carbonyl (C=O) groups excluding carboxylic acids is 1. The molecule has 20 heavy (non-hydrogen) atoms. The SMILES string of the molecule is CCC1NC(c2ccccc2)N(C(C)CC2CC2)C1=O. The van der Waals surface area contributed by atoms with E-state index in [1.165, 1.54) is 18.4 Å². The van der Waals surface area contributed by atoms with Crippen molar-refractivity contribution >= 4 is 5.91 Å². The summed E-state index contributed by atoms with van der Waals surface area (Å²) in [5.41, 5.74) is 1.19. The molecule has 1 saturated carbocycles. The number of benzene rings is 1. The van der Waals surface area contributed by atoms with Crippen LogP contribution in [0.15, 0.2) is 30.3 Å². The zero-order valence-electron chi connectivity index (χ0n) is 12.4. The highest BCUT2D eigenvalue weighted by Crippen LogP contribution is 2.37. The fraction of sp³-hybridized carbons (Fsp3) is 0.588. The van der Waals surface area contributed by atoms with E-state index in [2.05, 4.69) is 36.2 Å². The molecule has 3 atom stereocenters. The van der Waals surface area contributed by atoms with E-state index >= 15 is 0 Å². The Labute approximate surface area is 121 Å². The fourth-order valence-electron chi connectivity index (χ4n) is 3.26. The summed E-state index contributed by atoms with van der Waals surface area (Å²) >= 11 is 0. The van der Waals surface area contributed by atoms with Crippen molar-refractivity contribution in [1.29, 1.82) is 0 Å². The second-order valence-corrected chi connectivity index (χ2v) is 6.21. The van der Waals surface area contributed by atoms with Gasteiger partial charge in [0, 0.05) is 6.04 Å². The Bertz CT molecular complexity index is 469. The molecule has 1 aromatic carbocycles. The van der Waals surface area contributed by atoms with Gasteiger partial charge in [0.1, 0.15) is 6.17 Å². The second kappa shape index (κ2) is 5.57. The number of nitrogens with zero attached hydrogens (tertiary/aromatic N) is 1. The van der Waals surface area contributed by atoms with Crippen LogP contribution in [0, 0.1) is 5.92 Å². The minimum Gasteiger partial charge on any atom is -0.319 e. The van der Waals surface area contributed by atoms with Gasteiger partial charge in [0.05, 0.1) is 6.04 Å². The Kier molecular flexibility index (Phi) is 3.79. The van der Waals surface area contributed by atoms with E-state index in [4.69, 9.17) is 0 Å². The number of rotatable bonds is 5. The number of nitrogens with one attached hydrogen (secondary N) is 1. The van der Waals surface area contributed by atoms with Crippen molar-refractivity contribution in [2.45, 2.75) is 57.8 Å². The third-order valence-corrected chi connectivity index (χ3v) is 4.56. The molecular weight excluding hydrogens is 248 g/mol. The van der Waals surface area contributed by atoms with Crippen LogP contribution in [-0.4, -0.2) is 22.9 Å². The van der Waals surface area contributed by atoms with Gasteiger partial charge in [-0.15, -0.1) is 0 Å². The molecule has 1 amide bonds. The van der Waals surface area contributed by atoms with Crippen LogP contribution >= 0.6 is 0 Å². The van der Waals surface area contributed by atoms with E-state index in [1.54, 1.807) is 0 Å². The van der Waals surface area contributed by atoms with Crippen LogP contribution in [0.5, 0.6) is 0 Å². The molecule has 3 heteroatoms. The zero-order chi connectivity index (χ0) is 14.1. The molecule has 1 saturated heterocycles. The van der Waals surface area contributed by atoms with E-state index in [9.17, 15) is 4.79 Å². The lowest BCUT2D eigenvalue weighted by molar-refractivity contribution is -0.132. The van der Waals surface area contributed by atoms with Crippen molar-refractivity contribution in [2.75, 3.05) is 0 Å². The normalized spacial score (nSPS) is 27.9. The number of hydrogen-bond donors (Lipinski definition) is 1. The van der Waals surface area contributed by atoms with Gasteiger partial charge in [-0.3, -0.25) is 10.1 Å². The van der Waals surface area contributed by atoms with Crippen LogP contribution < -0.4 is 5.32 Å². The van der Waals surface area contributed by atoms with Crippen LogP contribution in [0.4, 0.5) is 0 Å². The summed E-state index contributed by atoms with van der Waals surface area (Å²) in [6, 6.07) is 10.6. The van der Waals surface area contributed by atoms with Crippen molar-refractivity contribution in [3.05, 3.63) is 35.9 Å². The molecule has 1 aliphatic heterocycles. The first-order valence-corrected chi connectivity index (χ1v) is 7.84. The monoisotopic (exact) mass is 272 g/mol. The van der Waals surface area contributed by atoms with Gasteiger partial charge < -0.3 is 4.90 Å². The van der Waals surface area contributed by atoms with Crippen LogP contribution in [0.2, 0.25) is 0 Å². The molecule has 0 aromatic heterocycles. The second-order valence-electron chi connectivity index (χ2n) is 6.21. The standard InChI is InChI=1S/C17H24N2O/c1-3-15-17(20)19(12(2)11-13-9-10-13)16(18-15)14-7-5-4-6-8-14/h4-8,12-13,15-16,18H,3,9-11H2,1-2H3. The van der Waals surface area contributed by atoms with Crippen molar-refractivity contribution in [1.82, 2.24) is 10.2 Å². The molecule has 2 fully saturated rings. The minimum atomic E-state index is -0.0261. The Morgan fingerprint density at radius 1 is 1.30 bits per heavy atom. The molecular formula is C17H24N2O. The lowest BCUT2D eigenvalue weighted by atomic mass is 10.1. The average molecular weight is 272 g/mol. The van der Waals surface area contributed by atoms with E-state index in [-0.39, 0.29) is 18.1 Å². The van der Waals surface area contributed by atoms with Gasteiger partial charge in [-0.05, 0) is 31.2 Å². The Balaban J connectivity index is 1.83. The molecule has 1 aliphatic carbocycles. The fourth-order valence-corrected chi connectivity index (χ4v) is 3.26. The average Bonchev–Trinajstić information content (AvgIpc) is 3.21. The molecule has 1 N–H and O–H groups in total. The first kappa shape index (κ1) is 13.6. The number of amides is 1. The molecule has 1 heterocycles. The molecule has 0 bridgehead atoms. The summed E-state index contributed by atoms with van der Waals surface area (Å²) in [7, 11) is 0. The first-order valence-electron chi connectivity index (χ1n) is 7.84. The Morgan fingerprint density at radius 2 is 2.00 bits per heavy atom. The van der Waals surface area contributed by atoms with Crippen molar-refractivity contribution < 1.29 is 4.79 Å². The summed E-state index contributed by atoms with van der Waals surface area (Å²) in [6.07, 6.45) is 4.73. The zero-order valence-corrected chi connectivity index (χ0v) is 12.4. The van der Waals surface area contributed by atoms with E-state index in [0.29, 0.717) is 6.04 Å². The van der Waals surface area contributed by atoms with Crippen molar-refractivity contribution in [2.24, 2.45) is 5.92 Å². The molecule has 1 aromatic rings. The topological polar surface area (TPSA) is 32.3 Å². The van der Waals surface area contributed by atoms with Gasteiger partial charge >= 0.3 is 0 Å². The maximum atomic E-state index is 12.6. The maximum Gasteiger partial charge on any atom is 0.241 e. The molecule has 3 unspecified atom stereocenters. The summed E-state index contributed by atoms with van der Waals surface area (Å²) in [5.74, 6) is 1.12. The lowest BCUT2D eigenvalue weighted by Crippen LogP contribution is -2.38. The van der Waals surface area contributed by atoms with Crippen molar-refractivity contribution in [3.8, 4) is 0 Å². The quantitative estimate of drug-likeness (QED) is 0.893. The Morgan fingerprint density at radius 3 is 2.60 bits per heavy atom. The first-order chi connectivity index (χ1) is 9.70. The smallest absolute Gasteiger partial charge is 0.241 e. The van der Waals surface area contributed by atoms with E-state index < -0.39 is 0 Å². The van der Waals surface area contributed by atoms with Gasteiger partial charge in [-0.1, -0.05) is 50.1 Å². The highest BCUT2D eigenvalue weighted by atomic mass is 16.2. The number of hydrogen-bond acceptors (Lipinski definition) is 2. The van der Waals surface area contributed by atoms with E-state index in [0.717, 1.165) is 18.8 Å². The molecule has 0 radical (unpaired) electrons. The van der Waals surface area contributed by atoms with Crippen LogP contribution in [0.3, 0.4) is 0 Å². The van der Waals surface area contributed by atoms with E-state index in [1.807, 2.05) is 18.2 Å². The Hall–Kier alpha value is -1.35. The summed E-state index contributed by atoms with van der Waals surface area (Å²) in [6.45, 7) is 4.28. The molecule has 2 aliphatic rings. The summed E-state index contributed by atoms with van der Waals surface area (Å²) < 4.78 is 0. The third kappa shape index (κ3) is 2.59. The predicted molar refractivity (Wildman–Crippen MR) is 80.0 cm³/mol. The largest absolute Gasteiger partial charge is 0.319 e. The van der Waals surface area contributed by atoms with Gasteiger partial charge in [0.25, 0.3) is 0 Å². The van der Waals surface area contributed by atoms with Gasteiger partial charge in [-0.2, -0.15) is 0 Å². The van der Waals surface area contributed by atoms with Crippen LogP contribution in [0.25, 0.3) is 0 Å². The molecule has 0 spiro atoms. The minimum absolute atomic E-state index is 0.0261. The van der Waals surface area contributed by atoms with Gasteiger partial charge in [0.15, 0.2) is 0 Å². The highest BCUT2D eigenvalue weighted by molar-refractivity contribution is 5.84. The maximum absolute atomic E-state index is 12.6. The molecule has 3 nitrogen and oxygen atoms in total. The highest BCUT2D eigenvalue weighted by Gasteiger charge is 2.42. The molecule has 108 valence electrons. The van der Waals surface area contributed by atoms with Gasteiger partial charge in [-0.25, -0.2) is 0 Å². The van der Waals surface area contributed by atoms with Crippen LogP contribution in [0.1, 0.15) is 51.3 Å². The van der Waals surface area contributed by atoms with Crippen molar-refractivity contribution in [3.63, 3.8) is 0 Å². The predicted octanol–water partition coefficient (Wildman–Crippen LogP) is 3.08. The third-order valence-electron chi connectivity index (χ3n) is 4.56. The van der Waals surface area contributed by atoms with Gasteiger partial charge in [0.2, 0.25) is 5.91 Å². The number of carbonyl (C=O) groups is 1. The molecule has 3 rings (SSSR count).